The highest BCUT2D eigenvalue weighted by atomic mass is 32.1. The molecule has 3 nitrogen and oxygen atoms in total. The van der Waals surface area contributed by atoms with Crippen LogP contribution in [0.25, 0.3) is 0 Å². The smallest absolute Gasteiger partial charge is 0.373 e. The Morgan fingerprint density at radius 3 is 1.56 bits per heavy atom. The summed E-state index contributed by atoms with van der Waals surface area (Å²) in [6.07, 6.45) is 0.691. The predicted molar refractivity (Wildman–Crippen MR) is 85.5 cm³/mol. The first-order chi connectivity index (χ1) is 8.43. The summed E-state index contributed by atoms with van der Waals surface area (Å²) in [7, 11) is -2.78. The van der Waals surface area contributed by atoms with Gasteiger partial charge in [-0.05, 0) is 50.8 Å². The Morgan fingerprint density at radius 2 is 1.33 bits per heavy atom. The quantitative estimate of drug-likeness (QED) is 0.454. The van der Waals surface area contributed by atoms with Gasteiger partial charge in [-0.1, -0.05) is 24.4 Å². The maximum atomic E-state index is 5.88. The van der Waals surface area contributed by atoms with Crippen molar-refractivity contribution >= 4 is 43.0 Å². The van der Waals surface area contributed by atoms with Gasteiger partial charge < -0.3 is 13.3 Å². The van der Waals surface area contributed by atoms with Crippen LogP contribution in [0.2, 0.25) is 5.54 Å². The van der Waals surface area contributed by atoms with Crippen LogP contribution in [0.4, 0.5) is 0 Å². The van der Waals surface area contributed by atoms with Gasteiger partial charge in [-0.2, -0.15) is 0 Å². The number of thiocarbonyl (C=S) groups is 2. The van der Waals surface area contributed by atoms with Gasteiger partial charge in [-0.25, -0.2) is 0 Å². The maximum Gasteiger partial charge on any atom is 0.509 e. The van der Waals surface area contributed by atoms with Crippen LogP contribution in [0.15, 0.2) is 0 Å². The third kappa shape index (κ3) is 5.50. The average molecular weight is 309 g/mol. The Balaban J connectivity index is 5.27. The lowest BCUT2D eigenvalue weighted by Gasteiger charge is -2.35. The van der Waals surface area contributed by atoms with Gasteiger partial charge in [0.1, 0.15) is 0 Å². The van der Waals surface area contributed by atoms with E-state index < -0.39 is 8.80 Å². The molecule has 0 saturated carbocycles. The van der Waals surface area contributed by atoms with E-state index >= 15 is 0 Å². The Bertz CT molecular complexity index is 267. The van der Waals surface area contributed by atoms with Gasteiger partial charge in [0.2, 0.25) is 0 Å². The second kappa shape index (κ2) is 9.22. The number of rotatable bonds is 10. The zero-order chi connectivity index (χ0) is 14.2. The topological polar surface area (TPSA) is 27.7 Å². The van der Waals surface area contributed by atoms with Crippen LogP contribution < -0.4 is 0 Å². The molecular formula is C12H24O3S2Si. The standard InChI is InChI=1S/C12H24O3S2Si/c1-6-13-18(14-7-2,15-8-3)12(11(5)17)9-10(4)16/h12H,6-9H2,1-5H3. The van der Waals surface area contributed by atoms with E-state index in [-0.39, 0.29) is 5.54 Å². The molecule has 0 rings (SSSR count). The first-order valence-corrected chi connectivity index (χ1v) is 8.97. The minimum atomic E-state index is -2.78. The molecule has 0 bridgehead atoms. The highest BCUT2D eigenvalue weighted by Crippen LogP contribution is 2.31. The molecule has 18 heavy (non-hydrogen) atoms. The molecule has 1 atom stereocenters. The fourth-order valence-electron chi connectivity index (χ4n) is 1.84. The van der Waals surface area contributed by atoms with E-state index in [9.17, 15) is 0 Å². The molecule has 0 N–H and O–H groups in total. The van der Waals surface area contributed by atoms with Crippen LogP contribution in [-0.4, -0.2) is 38.4 Å². The maximum absolute atomic E-state index is 5.88. The fourth-order valence-corrected chi connectivity index (χ4v) is 5.78. The van der Waals surface area contributed by atoms with Crippen LogP contribution in [0.1, 0.15) is 41.0 Å². The molecule has 0 radical (unpaired) electrons. The molecule has 0 aromatic rings. The summed E-state index contributed by atoms with van der Waals surface area (Å²) >= 11 is 10.6. The van der Waals surface area contributed by atoms with Gasteiger partial charge in [0.05, 0.1) is 5.54 Å². The molecule has 0 saturated heterocycles. The Labute approximate surface area is 123 Å². The van der Waals surface area contributed by atoms with Crippen LogP contribution >= 0.6 is 24.4 Å². The van der Waals surface area contributed by atoms with E-state index in [0.29, 0.717) is 26.2 Å². The summed E-state index contributed by atoms with van der Waals surface area (Å²) < 4.78 is 17.6. The lowest BCUT2D eigenvalue weighted by Crippen LogP contribution is -2.52. The van der Waals surface area contributed by atoms with Crippen molar-refractivity contribution in [3.05, 3.63) is 0 Å². The normalized spacial score (nSPS) is 13.4. The average Bonchev–Trinajstić information content (AvgIpc) is 2.26. The largest absolute Gasteiger partial charge is 0.509 e. The monoisotopic (exact) mass is 308 g/mol. The van der Waals surface area contributed by atoms with Crippen molar-refractivity contribution in [3.63, 3.8) is 0 Å². The SMILES string of the molecule is CCO[Si](OCC)(OCC)C(CC(C)=S)C(C)=S. The minimum Gasteiger partial charge on any atom is -0.373 e. The van der Waals surface area contributed by atoms with E-state index in [1.54, 1.807) is 0 Å². The molecule has 0 aromatic heterocycles. The van der Waals surface area contributed by atoms with E-state index in [0.717, 1.165) is 9.73 Å². The molecule has 0 aliphatic rings. The van der Waals surface area contributed by atoms with E-state index in [2.05, 4.69) is 0 Å². The Hall–Kier alpha value is 0.277. The summed E-state index contributed by atoms with van der Waals surface area (Å²) in [6.45, 7) is 11.3. The summed E-state index contributed by atoms with van der Waals surface area (Å²) in [5.74, 6) is 0. The zero-order valence-corrected chi connectivity index (χ0v) is 14.6. The van der Waals surface area contributed by atoms with Gasteiger partial charge in [0.15, 0.2) is 0 Å². The second-order valence-corrected chi connectivity index (χ2v) is 8.08. The molecule has 0 aliphatic heterocycles. The Morgan fingerprint density at radius 1 is 0.944 bits per heavy atom. The second-order valence-electron chi connectivity index (χ2n) is 3.97. The van der Waals surface area contributed by atoms with E-state index in [1.165, 1.54) is 0 Å². The third-order valence-corrected chi connectivity index (χ3v) is 6.67. The third-order valence-electron chi connectivity index (χ3n) is 2.45. The van der Waals surface area contributed by atoms with Crippen molar-refractivity contribution in [2.75, 3.05) is 19.8 Å². The van der Waals surface area contributed by atoms with Crippen molar-refractivity contribution < 1.29 is 13.3 Å². The molecule has 0 aliphatic carbocycles. The molecule has 0 amide bonds. The molecule has 0 fully saturated rings. The molecule has 106 valence electrons. The lowest BCUT2D eigenvalue weighted by molar-refractivity contribution is 0.0676. The molecule has 6 heteroatoms. The molecule has 0 spiro atoms. The van der Waals surface area contributed by atoms with Gasteiger partial charge >= 0.3 is 8.80 Å². The minimum absolute atomic E-state index is 0.0233. The van der Waals surface area contributed by atoms with E-state index in [1.807, 2.05) is 34.6 Å². The number of hydrogen-bond acceptors (Lipinski definition) is 5. The molecular weight excluding hydrogens is 284 g/mol. The summed E-state index contributed by atoms with van der Waals surface area (Å²) in [5.41, 5.74) is -0.0233. The summed E-state index contributed by atoms with van der Waals surface area (Å²) in [5, 5.41) is 0. The first kappa shape index (κ1) is 18.3. The zero-order valence-electron chi connectivity index (χ0n) is 11.9. The fraction of sp³-hybridized carbons (Fsp3) is 0.833. The number of hydrogen-bond donors (Lipinski definition) is 0. The van der Waals surface area contributed by atoms with Crippen molar-refractivity contribution in [2.45, 2.75) is 46.6 Å². The highest BCUT2D eigenvalue weighted by Gasteiger charge is 2.50. The van der Waals surface area contributed by atoms with Crippen LogP contribution in [0.5, 0.6) is 0 Å². The van der Waals surface area contributed by atoms with Gasteiger partial charge in [-0.15, -0.1) is 0 Å². The van der Waals surface area contributed by atoms with Gasteiger partial charge in [-0.3, -0.25) is 0 Å². The highest BCUT2D eigenvalue weighted by molar-refractivity contribution is 7.81. The van der Waals surface area contributed by atoms with Crippen molar-refractivity contribution in [1.29, 1.82) is 0 Å². The van der Waals surface area contributed by atoms with Crippen molar-refractivity contribution in [3.8, 4) is 0 Å². The van der Waals surface area contributed by atoms with Gasteiger partial charge in [0, 0.05) is 19.8 Å². The van der Waals surface area contributed by atoms with Crippen molar-refractivity contribution in [1.82, 2.24) is 0 Å². The molecule has 1 unspecified atom stereocenters. The van der Waals surface area contributed by atoms with E-state index in [4.69, 9.17) is 37.7 Å². The summed E-state index contributed by atoms with van der Waals surface area (Å²) in [6, 6.07) is 0. The first-order valence-electron chi connectivity index (χ1n) is 6.35. The molecule has 0 heterocycles. The van der Waals surface area contributed by atoms with Crippen LogP contribution in [-0.2, 0) is 13.3 Å². The lowest BCUT2D eigenvalue weighted by atomic mass is 10.2. The van der Waals surface area contributed by atoms with Crippen molar-refractivity contribution in [2.24, 2.45) is 0 Å². The predicted octanol–water partition coefficient (Wildman–Crippen LogP) is 3.57. The molecule has 0 aromatic carbocycles. The van der Waals surface area contributed by atoms with Crippen LogP contribution in [0.3, 0.4) is 0 Å². The van der Waals surface area contributed by atoms with Crippen LogP contribution in [0, 0.1) is 0 Å². The summed E-state index contributed by atoms with van der Waals surface area (Å²) in [4.78, 5) is 1.75. The van der Waals surface area contributed by atoms with Gasteiger partial charge in [0.25, 0.3) is 0 Å². The Kier molecular flexibility index (Phi) is 9.37.